The van der Waals surface area contributed by atoms with E-state index in [4.69, 9.17) is 12.2 Å². The van der Waals surface area contributed by atoms with E-state index in [9.17, 15) is 4.39 Å². The smallest absolute Gasteiger partial charge is 0.169 e. The quantitative estimate of drug-likeness (QED) is 0.730. The predicted molar refractivity (Wildman–Crippen MR) is 98.9 cm³/mol. The molecule has 1 aromatic carbocycles. The molecule has 0 amide bonds. The summed E-state index contributed by atoms with van der Waals surface area (Å²) in [6, 6.07) is 16.3. The lowest BCUT2D eigenvalue weighted by Crippen LogP contribution is -2.25. The molecule has 3 aromatic rings. The van der Waals surface area contributed by atoms with Gasteiger partial charge in [-0.2, -0.15) is 0 Å². The highest BCUT2D eigenvalue weighted by Crippen LogP contribution is 2.38. The van der Waals surface area contributed by atoms with Crippen molar-refractivity contribution < 1.29 is 4.39 Å². The van der Waals surface area contributed by atoms with Gasteiger partial charge in [0, 0.05) is 30.8 Å². The van der Waals surface area contributed by atoms with E-state index in [1.807, 2.05) is 42.4 Å². The third kappa shape index (κ3) is 2.78. The second kappa shape index (κ2) is 6.29. The van der Waals surface area contributed by atoms with E-state index in [0.29, 0.717) is 5.11 Å². The van der Waals surface area contributed by atoms with E-state index in [-0.39, 0.29) is 17.9 Å². The molecule has 4 nitrogen and oxygen atoms in total. The number of pyridine rings is 1. The van der Waals surface area contributed by atoms with E-state index >= 15 is 0 Å². The van der Waals surface area contributed by atoms with Crippen LogP contribution in [-0.4, -0.2) is 26.6 Å². The third-order valence-electron chi connectivity index (χ3n) is 4.53. The molecule has 0 unspecified atom stereocenters. The minimum atomic E-state index is -0.246. The maximum absolute atomic E-state index is 13.3. The maximum atomic E-state index is 13.3. The van der Waals surface area contributed by atoms with Gasteiger partial charge in [-0.15, -0.1) is 0 Å². The molecule has 25 heavy (non-hydrogen) atoms. The molecule has 4 rings (SSSR count). The van der Waals surface area contributed by atoms with Crippen molar-refractivity contribution in [3.05, 3.63) is 84.2 Å². The fraction of sp³-hybridized carbons (Fsp3) is 0.158. The number of nitrogens with zero attached hydrogens (tertiary/aromatic N) is 3. The predicted octanol–water partition coefficient (Wildman–Crippen LogP) is 3.61. The number of nitrogens with one attached hydrogen (secondary N) is 1. The number of benzene rings is 1. The zero-order valence-electron chi connectivity index (χ0n) is 13.6. The summed E-state index contributed by atoms with van der Waals surface area (Å²) in [7, 11) is 1.98. The van der Waals surface area contributed by atoms with Gasteiger partial charge in [0.15, 0.2) is 5.11 Å². The fourth-order valence-electron chi connectivity index (χ4n) is 3.30. The highest BCUT2D eigenvalue weighted by atomic mass is 32.1. The Labute approximate surface area is 150 Å². The number of thiocarbonyl (C=S) groups is 1. The molecule has 0 radical (unpaired) electrons. The number of aromatic nitrogens is 2. The Morgan fingerprint density at radius 3 is 2.60 bits per heavy atom. The van der Waals surface area contributed by atoms with Gasteiger partial charge in [0.1, 0.15) is 5.82 Å². The SMILES string of the molecule is CN1C(=S)N[C@H](c2ccccn2)[C@H]1c1cccn1-c1ccc(F)cc1. The Kier molecular flexibility index (Phi) is 3.97. The molecular formula is C19H17FN4S. The van der Waals surface area contributed by atoms with E-state index < -0.39 is 0 Å². The first-order valence-electron chi connectivity index (χ1n) is 8.02. The van der Waals surface area contributed by atoms with Crippen molar-refractivity contribution in [1.29, 1.82) is 0 Å². The molecule has 1 aliphatic heterocycles. The first-order valence-corrected chi connectivity index (χ1v) is 8.43. The topological polar surface area (TPSA) is 33.1 Å². The third-order valence-corrected chi connectivity index (χ3v) is 4.93. The molecular weight excluding hydrogens is 335 g/mol. The molecule has 0 spiro atoms. The van der Waals surface area contributed by atoms with Gasteiger partial charge in [-0.1, -0.05) is 6.07 Å². The van der Waals surface area contributed by atoms with Crippen LogP contribution < -0.4 is 5.32 Å². The Balaban J connectivity index is 1.78. The summed E-state index contributed by atoms with van der Waals surface area (Å²) in [6.45, 7) is 0. The zero-order chi connectivity index (χ0) is 17.4. The van der Waals surface area contributed by atoms with Crippen molar-refractivity contribution in [2.24, 2.45) is 0 Å². The molecule has 0 aliphatic carbocycles. The van der Waals surface area contributed by atoms with Crippen LogP contribution in [0, 0.1) is 5.82 Å². The molecule has 126 valence electrons. The van der Waals surface area contributed by atoms with Crippen molar-refractivity contribution in [3.8, 4) is 5.69 Å². The first kappa shape index (κ1) is 15.8. The van der Waals surface area contributed by atoms with E-state index in [2.05, 4.69) is 20.9 Å². The van der Waals surface area contributed by atoms with E-state index in [1.54, 1.807) is 18.3 Å². The van der Waals surface area contributed by atoms with E-state index in [1.165, 1.54) is 12.1 Å². The van der Waals surface area contributed by atoms with Crippen molar-refractivity contribution in [2.45, 2.75) is 12.1 Å². The standard InChI is InChI=1S/C19H17FN4S/c1-23-18(17(22-19(23)25)15-5-2-3-11-21-15)16-6-4-12-24(16)14-9-7-13(20)8-10-14/h2-12,17-18H,1H3,(H,22,25)/t17-,18-/m1/s1. The Hall–Kier alpha value is -2.73. The van der Waals surface area contributed by atoms with Crippen LogP contribution in [0.3, 0.4) is 0 Å². The number of halogens is 1. The second-order valence-electron chi connectivity index (χ2n) is 6.02. The number of rotatable bonds is 3. The summed E-state index contributed by atoms with van der Waals surface area (Å²) in [4.78, 5) is 6.54. The number of hydrogen-bond acceptors (Lipinski definition) is 2. The van der Waals surface area contributed by atoms with Crippen molar-refractivity contribution in [1.82, 2.24) is 19.8 Å². The van der Waals surface area contributed by atoms with Crippen molar-refractivity contribution in [2.75, 3.05) is 7.05 Å². The van der Waals surface area contributed by atoms with Gasteiger partial charge in [-0.05, 0) is 60.7 Å². The summed E-state index contributed by atoms with van der Waals surface area (Å²) < 4.78 is 15.3. The molecule has 0 bridgehead atoms. The van der Waals surface area contributed by atoms with E-state index in [0.717, 1.165) is 17.1 Å². The molecule has 0 saturated carbocycles. The van der Waals surface area contributed by atoms with Crippen molar-refractivity contribution in [3.63, 3.8) is 0 Å². The molecule has 6 heteroatoms. The van der Waals surface area contributed by atoms with Crippen LogP contribution >= 0.6 is 12.2 Å². The van der Waals surface area contributed by atoms with Gasteiger partial charge in [0.05, 0.1) is 17.8 Å². The van der Waals surface area contributed by atoms with Crippen LogP contribution in [0.2, 0.25) is 0 Å². The monoisotopic (exact) mass is 352 g/mol. The number of hydrogen-bond donors (Lipinski definition) is 1. The largest absolute Gasteiger partial charge is 0.352 e. The average Bonchev–Trinajstić information content (AvgIpc) is 3.22. The Morgan fingerprint density at radius 1 is 1.08 bits per heavy atom. The van der Waals surface area contributed by atoms with Crippen molar-refractivity contribution >= 4 is 17.3 Å². The van der Waals surface area contributed by atoms with Crippen LogP contribution in [0.4, 0.5) is 4.39 Å². The highest BCUT2D eigenvalue weighted by Gasteiger charge is 2.39. The zero-order valence-corrected chi connectivity index (χ0v) is 14.4. The molecule has 2 atom stereocenters. The second-order valence-corrected chi connectivity index (χ2v) is 6.40. The summed E-state index contributed by atoms with van der Waals surface area (Å²) in [5, 5.41) is 4.06. The summed E-state index contributed by atoms with van der Waals surface area (Å²) in [5.41, 5.74) is 2.91. The van der Waals surface area contributed by atoms with Crippen LogP contribution in [0.1, 0.15) is 23.5 Å². The lowest BCUT2D eigenvalue weighted by Gasteiger charge is -2.25. The van der Waals surface area contributed by atoms with Gasteiger partial charge < -0.3 is 14.8 Å². The highest BCUT2D eigenvalue weighted by molar-refractivity contribution is 7.80. The van der Waals surface area contributed by atoms with Gasteiger partial charge in [0.25, 0.3) is 0 Å². The Morgan fingerprint density at radius 2 is 1.88 bits per heavy atom. The molecule has 1 aliphatic rings. The summed E-state index contributed by atoms with van der Waals surface area (Å²) >= 11 is 5.48. The van der Waals surface area contributed by atoms with Crippen LogP contribution in [0.25, 0.3) is 5.69 Å². The fourth-order valence-corrected chi connectivity index (χ4v) is 3.54. The lowest BCUT2D eigenvalue weighted by molar-refractivity contribution is 0.357. The summed E-state index contributed by atoms with van der Waals surface area (Å²) in [6.07, 6.45) is 3.77. The van der Waals surface area contributed by atoms with Gasteiger partial charge in [0.2, 0.25) is 0 Å². The minimum absolute atomic E-state index is 0.0116. The molecule has 3 heterocycles. The molecule has 1 fully saturated rings. The van der Waals surface area contributed by atoms with Gasteiger partial charge in [-0.3, -0.25) is 4.98 Å². The normalized spacial score (nSPS) is 19.9. The molecule has 1 saturated heterocycles. The average molecular weight is 352 g/mol. The Bertz CT molecular complexity index is 891. The lowest BCUT2D eigenvalue weighted by atomic mass is 10.0. The number of likely N-dealkylation sites (N-methyl/N-ethyl adjacent to an activating group) is 1. The van der Waals surface area contributed by atoms with Crippen LogP contribution in [-0.2, 0) is 0 Å². The van der Waals surface area contributed by atoms with Gasteiger partial charge >= 0.3 is 0 Å². The summed E-state index contributed by atoms with van der Waals surface area (Å²) in [5.74, 6) is -0.246. The van der Waals surface area contributed by atoms with Gasteiger partial charge in [-0.25, -0.2) is 4.39 Å². The van der Waals surface area contributed by atoms with Crippen LogP contribution in [0.15, 0.2) is 67.0 Å². The molecule has 1 N–H and O–H groups in total. The minimum Gasteiger partial charge on any atom is -0.352 e. The first-order chi connectivity index (χ1) is 12.1. The molecule has 2 aromatic heterocycles. The van der Waals surface area contributed by atoms with Crippen LogP contribution in [0.5, 0.6) is 0 Å². The maximum Gasteiger partial charge on any atom is 0.169 e.